The summed E-state index contributed by atoms with van der Waals surface area (Å²) in [6.45, 7) is 7.80. The molecule has 4 nitrogen and oxygen atoms in total. The Hall–Kier alpha value is -1.33. The second kappa shape index (κ2) is 6.65. The minimum atomic E-state index is 0.124. The zero-order valence-electron chi connectivity index (χ0n) is 13.7. The van der Waals surface area contributed by atoms with Crippen LogP contribution in [0.15, 0.2) is 12.1 Å². The van der Waals surface area contributed by atoms with Crippen LogP contribution in [0, 0.1) is 12.8 Å². The van der Waals surface area contributed by atoms with E-state index in [0.717, 1.165) is 51.9 Å². The van der Waals surface area contributed by atoms with Crippen LogP contribution in [0.1, 0.15) is 32.3 Å². The molecule has 1 saturated heterocycles. The number of carbonyl (C=O) groups excluding carboxylic acids is 1. The molecule has 0 bridgehead atoms. The maximum absolute atomic E-state index is 12.1. The molecule has 0 saturated carbocycles. The molecule has 0 aliphatic carbocycles. The molecular weight excluding hydrogens is 330 g/mol. The lowest BCUT2D eigenvalue weighted by molar-refractivity contribution is -0.126. The Morgan fingerprint density at radius 3 is 2.74 bits per heavy atom. The van der Waals surface area contributed by atoms with Crippen molar-refractivity contribution in [2.75, 3.05) is 18.0 Å². The summed E-state index contributed by atoms with van der Waals surface area (Å²) in [6.07, 6.45) is 1.77. The van der Waals surface area contributed by atoms with Gasteiger partial charge in [0, 0.05) is 30.1 Å². The van der Waals surface area contributed by atoms with E-state index in [4.69, 9.17) is 16.6 Å². The molecule has 1 fully saturated rings. The number of rotatable bonds is 3. The first-order chi connectivity index (χ1) is 10.9. The molecule has 2 aromatic rings. The van der Waals surface area contributed by atoms with E-state index in [1.165, 1.54) is 0 Å². The lowest BCUT2D eigenvalue weighted by Crippen LogP contribution is -2.42. The van der Waals surface area contributed by atoms with Gasteiger partial charge in [-0.05, 0) is 51.3 Å². The van der Waals surface area contributed by atoms with Gasteiger partial charge in [0.2, 0.25) is 5.91 Å². The molecule has 3 rings (SSSR count). The number of aromatic nitrogens is 1. The summed E-state index contributed by atoms with van der Waals surface area (Å²) in [5, 5.41) is 4.81. The van der Waals surface area contributed by atoms with E-state index in [1.54, 1.807) is 11.3 Å². The van der Waals surface area contributed by atoms with Crippen molar-refractivity contribution in [1.82, 2.24) is 10.3 Å². The number of halogens is 1. The largest absolute Gasteiger partial charge is 0.354 e. The van der Waals surface area contributed by atoms with Crippen molar-refractivity contribution in [3.05, 3.63) is 22.7 Å². The molecule has 0 radical (unpaired) electrons. The molecule has 1 N–H and O–H groups in total. The van der Waals surface area contributed by atoms with E-state index in [9.17, 15) is 4.79 Å². The summed E-state index contributed by atoms with van der Waals surface area (Å²) in [6, 6.07) is 4.14. The predicted molar refractivity (Wildman–Crippen MR) is 97.6 cm³/mol. The van der Waals surface area contributed by atoms with Gasteiger partial charge in [0.25, 0.3) is 0 Å². The van der Waals surface area contributed by atoms with Gasteiger partial charge in [-0.2, -0.15) is 0 Å². The number of carbonyl (C=O) groups is 1. The van der Waals surface area contributed by atoms with Crippen LogP contribution in [0.25, 0.3) is 10.2 Å². The van der Waals surface area contributed by atoms with E-state index in [-0.39, 0.29) is 17.9 Å². The first-order valence-corrected chi connectivity index (χ1v) is 9.25. The number of nitrogens with zero attached hydrogens (tertiary/aromatic N) is 2. The highest BCUT2D eigenvalue weighted by Gasteiger charge is 2.26. The van der Waals surface area contributed by atoms with Crippen LogP contribution in [-0.2, 0) is 4.79 Å². The molecule has 0 unspecified atom stereocenters. The van der Waals surface area contributed by atoms with Crippen LogP contribution in [-0.4, -0.2) is 30.0 Å². The molecule has 23 heavy (non-hydrogen) atoms. The summed E-state index contributed by atoms with van der Waals surface area (Å²) in [5.41, 5.74) is 2.15. The molecule has 2 heterocycles. The van der Waals surface area contributed by atoms with Crippen molar-refractivity contribution in [3.63, 3.8) is 0 Å². The summed E-state index contributed by atoms with van der Waals surface area (Å²) in [5.74, 6) is 0.311. The third-order valence-electron chi connectivity index (χ3n) is 4.21. The van der Waals surface area contributed by atoms with Crippen LogP contribution >= 0.6 is 22.9 Å². The quantitative estimate of drug-likeness (QED) is 0.909. The van der Waals surface area contributed by atoms with E-state index in [2.05, 4.69) is 10.2 Å². The summed E-state index contributed by atoms with van der Waals surface area (Å²) >= 11 is 7.82. The molecule has 1 aliphatic rings. The van der Waals surface area contributed by atoms with E-state index < -0.39 is 0 Å². The number of amides is 1. The summed E-state index contributed by atoms with van der Waals surface area (Å²) in [4.78, 5) is 19.2. The Kier molecular flexibility index (Phi) is 4.78. The number of nitrogens with one attached hydrogen (secondary N) is 1. The molecule has 1 aromatic carbocycles. The van der Waals surface area contributed by atoms with Gasteiger partial charge in [0.1, 0.15) is 0 Å². The summed E-state index contributed by atoms with van der Waals surface area (Å²) in [7, 11) is 0. The van der Waals surface area contributed by atoms with Crippen LogP contribution in [0.4, 0.5) is 5.13 Å². The van der Waals surface area contributed by atoms with Gasteiger partial charge >= 0.3 is 0 Å². The third kappa shape index (κ3) is 3.61. The second-order valence-corrected chi connectivity index (χ2v) is 7.94. The molecule has 1 aliphatic heterocycles. The Bertz CT molecular complexity index is 720. The second-order valence-electron chi connectivity index (χ2n) is 6.49. The number of hydrogen-bond acceptors (Lipinski definition) is 4. The zero-order chi connectivity index (χ0) is 16.6. The van der Waals surface area contributed by atoms with Crippen LogP contribution in [0.2, 0.25) is 5.02 Å². The lowest BCUT2D eigenvalue weighted by Gasteiger charge is -2.31. The topological polar surface area (TPSA) is 45.2 Å². The van der Waals surface area contributed by atoms with Crippen molar-refractivity contribution in [3.8, 4) is 0 Å². The fourth-order valence-corrected chi connectivity index (χ4v) is 4.49. The van der Waals surface area contributed by atoms with Crippen molar-refractivity contribution >= 4 is 44.2 Å². The van der Waals surface area contributed by atoms with Gasteiger partial charge in [-0.25, -0.2) is 4.98 Å². The Morgan fingerprint density at radius 1 is 1.39 bits per heavy atom. The number of thiazole rings is 1. The van der Waals surface area contributed by atoms with E-state index in [0.29, 0.717) is 0 Å². The minimum Gasteiger partial charge on any atom is -0.354 e. The molecular formula is C17H22ClN3OS. The van der Waals surface area contributed by atoms with Gasteiger partial charge in [0.05, 0.1) is 10.2 Å². The fraction of sp³-hybridized carbons (Fsp3) is 0.529. The monoisotopic (exact) mass is 351 g/mol. The number of piperidine rings is 1. The molecule has 0 atom stereocenters. The highest BCUT2D eigenvalue weighted by Crippen LogP contribution is 2.34. The first-order valence-electron chi connectivity index (χ1n) is 8.06. The van der Waals surface area contributed by atoms with Gasteiger partial charge in [-0.3, -0.25) is 4.79 Å². The average Bonchev–Trinajstić information content (AvgIpc) is 2.91. The lowest BCUT2D eigenvalue weighted by atomic mass is 9.96. The minimum absolute atomic E-state index is 0.124. The maximum atomic E-state index is 12.1. The fourth-order valence-electron chi connectivity index (χ4n) is 3.01. The standard InChI is InChI=1S/C17H22ClN3OS/c1-10(2)19-16(22)12-4-6-21(7-5-12)17-20-15-11(3)8-13(18)9-14(15)23-17/h8-10,12H,4-7H2,1-3H3,(H,19,22). The average molecular weight is 352 g/mol. The summed E-state index contributed by atoms with van der Waals surface area (Å²) < 4.78 is 1.13. The van der Waals surface area contributed by atoms with E-state index >= 15 is 0 Å². The number of anilines is 1. The first kappa shape index (κ1) is 16.5. The Balaban J connectivity index is 1.70. The number of benzene rings is 1. The molecule has 1 amide bonds. The molecule has 0 spiro atoms. The molecule has 6 heteroatoms. The predicted octanol–water partition coefficient (Wildman–Crippen LogP) is 4.00. The van der Waals surface area contributed by atoms with Gasteiger partial charge < -0.3 is 10.2 Å². The molecule has 124 valence electrons. The third-order valence-corrected chi connectivity index (χ3v) is 5.49. The van der Waals surface area contributed by atoms with Crippen LogP contribution in [0.5, 0.6) is 0 Å². The smallest absolute Gasteiger partial charge is 0.223 e. The number of aryl methyl sites for hydroxylation is 1. The number of fused-ring (bicyclic) bond motifs is 1. The van der Waals surface area contributed by atoms with Gasteiger partial charge in [0.15, 0.2) is 5.13 Å². The SMILES string of the molecule is Cc1cc(Cl)cc2sc(N3CCC(C(=O)NC(C)C)CC3)nc12. The number of hydrogen-bond donors (Lipinski definition) is 1. The highest BCUT2D eigenvalue weighted by atomic mass is 35.5. The zero-order valence-corrected chi connectivity index (χ0v) is 15.3. The highest BCUT2D eigenvalue weighted by molar-refractivity contribution is 7.22. The Morgan fingerprint density at radius 2 is 2.09 bits per heavy atom. The van der Waals surface area contributed by atoms with Crippen molar-refractivity contribution < 1.29 is 4.79 Å². The maximum Gasteiger partial charge on any atom is 0.223 e. The Labute approximate surface area is 145 Å². The van der Waals surface area contributed by atoms with Crippen molar-refractivity contribution in [1.29, 1.82) is 0 Å². The molecule has 1 aromatic heterocycles. The van der Waals surface area contributed by atoms with Gasteiger partial charge in [-0.1, -0.05) is 22.9 Å². The van der Waals surface area contributed by atoms with Crippen molar-refractivity contribution in [2.24, 2.45) is 5.92 Å². The normalized spacial score (nSPS) is 16.3. The van der Waals surface area contributed by atoms with Gasteiger partial charge in [-0.15, -0.1) is 0 Å². The van der Waals surface area contributed by atoms with Crippen LogP contribution < -0.4 is 10.2 Å². The van der Waals surface area contributed by atoms with E-state index in [1.807, 2.05) is 32.9 Å². The van der Waals surface area contributed by atoms with Crippen LogP contribution in [0.3, 0.4) is 0 Å². The van der Waals surface area contributed by atoms with Crippen molar-refractivity contribution in [2.45, 2.75) is 39.7 Å².